The second-order valence-electron chi connectivity index (χ2n) is 6.63. The third-order valence-corrected chi connectivity index (χ3v) is 5.02. The molecule has 0 spiro atoms. The number of hydrogen-bond acceptors (Lipinski definition) is 4. The topological polar surface area (TPSA) is 42.7 Å². The van der Waals surface area contributed by atoms with Crippen molar-refractivity contribution in [2.75, 3.05) is 26.2 Å². The number of rotatable bonds is 5. The second-order valence-corrected chi connectivity index (χ2v) is 7.04. The molecule has 0 radical (unpaired) electrons. The second kappa shape index (κ2) is 7.14. The third kappa shape index (κ3) is 3.35. The smallest absolute Gasteiger partial charge is 0.193 e. The first kappa shape index (κ1) is 17.1. The highest BCUT2D eigenvalue weighted by Gasteiger charge is 2.16. The van der Waals surface area contributed by atoms with Gasteiger partial charge in [0.25, 0.3) is 0 Å². The van der Waals surface area contributed by atoms with Crippen LogP contribution >= 0.6 is 11.6 Å². The molecule has 134 valence electrons. The quantitative estimate of drug-likeness (QED) is 0.663. The molecule has 4 nitrogen and oxygen atoms in total. The summed E-state index contributed by atoms with van der Waals surface area (Å²) in [5.74, 6) is 1.19. The van der Waals surface area contributed by atoms with Crippen LogP contribution in [0.15, 0.2) is 51.7 Å². The first-order valence-electron chi connectivity index (χ1n) is 8.80. The van der Waals surface area contributed by atoms with Gasteiger partial charge in [0, 0.05) is 12.6 Å². The lowest BCUT2D eigenvalue weighted by molar-refractivity contribution is 0.147. The fraction of sp³-hybridized carbons (Fsp3) is 0.286. The maximum atomic E-state index is 12.5. The zero-order chi connectivity index (χ0) is 18.1. The molecule has 2 aromatic carbocycles. The monoisotopic (exact) mass is 369 g/mol. The number of para-hydroxylation sites is 1. The third-order valence-electron chi connectivity index (χ3n) is 4.72. The maximum Gasteiger partial charge on any atom is 0.193 e. The van der Waals surface area contributed by atoms with Crippen LogP contribution in [-0.2, 0) is 0 Å². The lowest BCUT2D eigenvalue weighted by Crippen LogP contribution is -2.39. The lowest BCUT2D eigenvalue weighted by Gasteiger charge is -2.30. The van der Waals surface area contributed by atoms with Crippen molar-refractivity contribution in [1.29, 1.82) is 0 Å². The maximum absolute atomic E-state index is 12.5. The van der Waals surface area contributed by atoms with Gasteiger partial charge in [-0.3, -0.25) is 9.69 Å². The molecule has 1 aliphatic heterocycles. The van der Waals surface area contributed by atoms with E-state index in [0.717, 1.165) is 36.5 Å². The van der Waals surface area contributed by atoms with Crippen LogP contribution in [0, 0.1) is 6.92 Å². The van der Waals surface area contributed by atoms with Crippen LogP contribution in [0.3, 0.4) is 0 Å². The standard InChI is InChI=1S/C21H20ClNO3/c1-14-6-7-16(19(12-14)25-11-10-23-8-3-9-23)20-13-18(24)15-4-2-5-17(22)21(15)26-20/h2,4-7,12-13H,3,8-11H2,1H3. The summed E-state index contributed by atoms with van der Waals surface area (Å²) in [6.07, 6.45) is 1.26. The van der Waals surface area contributed by atoms with Crippen molar-refractivity contribution >= 4 is 22.6 Å². The van der Waals surface area contributed by atoms with Crippen molar-refractivity contribution in [2.24, 2.45) is 0 Å². The van der Waals surface area contributed by atoms with E-state index in [2.05, 4.69) is 4.90 Å². The van der Waals surface area contributed by atoms with Crippen molar-refractivity contribution in [1.82, 2.24) is 4.90 Å². The van der Waals surface area contributed by atoms with Crippen molar-refractivity contribution in [3.63, 3.8) is 0 Å². The summed E-state index contributed by atoms with van der Waals surface area (Å²) in [4.78, 5) is 14.8. The molecule has 1 aliphatic rings. The molecule has 5 heteroatoms. The Labute approximate surface area is 156 Å². The van der Waals surface area contributed by atoms with Gasteiger partial charge in [0.2, 0.25) is 0 Å². The molecule has 0 N–H and O–H groups in total. The van der Waals surface area contributed by atoms with Crippen LogP contribution in [-0.4, -0.2) is 31.1 Å². The van der Waals surface area contributed by atoms with Crippen LogP contribution in [0.25, 0.3) is 22.3 Å². The molecule has 0 unspecified atom stereocenters. The lowest BCUT2D eigenvalue weighted by atomic mass is 10.1. The Morgan fingerprint density at radius 2 is 2.04 bits per heavy atom. The predicted molar refractivity (Wildman–Crippen MR) is 104 cm³/mol. The molecule has 3 aromatic rings. The van der Waals surface area contributed by atoms with Crippen LogP contribution < -0.4 is 10.2 Å². The number of likely N-dealkylation sites (tertiary alicyclic amines) is 1. The molecular formula is C21H20ClNO3. The number of fused-ring (bicyclic) bond motifs is 1. The summed E-state index contributed by atoms with van der Waals surface area (Å²) < 4.78 is 12.0. The van der Waals surface area contributed by atoms with Crippen LogP contribution in [0.5, 0.6) is 5.75 Å². The number of nitrogens with zero attached hydrogens (tertiary/aromatic N) is 1. The molecule has 0 amide bonds. The molecule has 0 saturated carbocycles. The van der Waals surface area contributed by atoms with Crippen molar-refractivity contribution in [3.05, 3.63) is 63.3 Å². The Morgan fingerprint density at radius 3 is 2.81 bits per heavy atom. The van der Waals surface area contributed by atoms with Crippen LogP contribution in [0.1, 0.15) is 12.0 Å². The molecule has 0 aliphatic carbocycles. The molecule has 0 bridgehead atoms. The Kier molecular flexibility index (Phi) is 4.70. The van der Waals surface area contributed by atoms with E-state index in [-0.39, 0.29) is 5.43 Å². The van der Waals surface area contributed by atoms with Gasteiger partial charge >= 0.3 is 0 Å². The molecule has 1 aromatic heterocycles. The number of benzene rings is 2. The SMILES string of the molecule is Cc1ccc(-c2cc(=O)c3cccc(Cl)c3o2)c(OCCN2CCC2)c1. The van der Waals surface area contributed by atoms with Gasteiger partial charge in [-0.1, -0.05) is 23.7 Å². The Bertz CT molecular complexity index is 1010. The van der Waals surface area contributed by atoms with Gasteiger partial charge < -0.3 is 9.15 Å². The van der Waals surface area contributed by atoms with Gasteiger partial charge in [0.1, 0.15) is 18.1 Å². The molecule has 0 atom stereocenters. The van der Waals surface area contributed by atoms with E-state index >= 15 is 0 Å². The summed E-state index contributed by atoms with van der Waals surface area (Å²) in [6.45, 7) is 5.81. The average Bonchev–Trinajstić information content (AvgIpc) is 2.58. The minimum atomic E-state index is -0.115. The van der Waals surface area contributed by atoms with Gasteiger partial charge in [0.15, 0.2) is 11.0 Å². The number of aryl methyl sites for hydroxylation is 1. The van der Waals surface area contributed by atoms with E-state index in [1.165, 1.54) is 12.5 Å². The number of halogens is 1. The van der Waals surface area contributed by atoms with E-state index in [1.807, 2.05) is 25.1 Å². The molecular weight excluding hydrogens is 350 g/mol. The molecule has 26 heavy (non-hydrogen) atoms. The normalized spacial score (nSPS) is 14.4. The first-order valence-corrected chi connectivity index (χ1v) is 9.18. The Morgan fingerprint density at radius 1 is 1.19 bits per heavy atom. The summed E-state index contributed by atoms with van der Waals surface area (Å²) in [5, 5.41) is 0.905. The van der Waals surface area contributed by atoms with Crippen LogP contribution in [0.4, 0.5) is 0 Å². The highest BCUT2D eigenvalue weighted by atomic mass is 35.5. The zero-order valence-electron chi connectivity index (χ0n) is 14.6. The van der Waals surface area contributed by atoms with Gasteiger partial charge in [-0.05, 0) is 56.3 Å². The summed E-state index contributed by atoms with van der Waals surface area (Å²) in [5.41, 5.74) is 2.15. The predicted octanol–water partition coefficient (Wildman–Crippen LogP) is 4.51. The van der Waals surface area contributed by atoms with Crippen LogP contribution in [0.2, 0.25) is 5.02 Å². The van der Waals surface area contributed by atoms with Gasteiger partial charge in [-0.2, -0.15) is 0 Å². The Hall–Kier alpha value is -2.30. The number of ether oxygens (including phenoxy) is 1. The Balaban J connectivity index is 1.71. The number of hydrogen-bond donors (Lipinski definition) is 0. The molecule has 4 rings (SSSR count). The fourth-order valence-electron chi connectivity index (χ4n) is 3.12. The van der Waals surface area contributed by atoms with E-state index < -0.39 is 0 Å². The van der Waals surface area contributed by atoms with Crippen molar-refractivity contribution < 1.29 is 9.15 Å². The highest BCUT2D eigenvalue weighted by Crippen LogP contribution is 2.33. The van der Waals surface area contributed by atoms with Crippen molar-refractivity contribution in [3.8, 4) is 17.1 Å². The minimum Gasteiger partial charge on any atom is -0.491 e. The van der Waals surface area contributed by atoms with E-state index in [4.69, 9.17) is 20.8 Å². The van der Waals surface area contributed by atoms with Gasteiger partial charge in [-0.15, -0.1) is 0 Å². The van der Waals surface area contributed by atoms with Crippen molar-refractivity contribution in [2.45, 2.75) is 13.3 Å². The zero-order valence-corrected chi connectivity index (χ0v) is 15.4. The van der Waals surface area contributed by atoms with E-state index in [9.17, 15) is 4.79 Å². The largest absolute Gasteiger partial charge is 0.491 e. The summed E-state index contributed by atoms with van der Waals surface area (Å²) >= 11 is 6.22. The van der Waals surface area contributed by atoms with E-state index in [1.54, 1.807) is 18.2 Å². The van der Waals surface area contributed by atoms with Gasteiger partial charge in [-0.25, -0.2) is 0 Å². The summed E-state index contributed by atoms with van der Waals surface area (Å²) in [6, 6.07) is 12.6. The summed E-state index contributed by atoms with van der Waals surface area (Å²) in [7, 11) is 0. The molecule has 1 fully saturated rings. The molecule has 2 heterocycles. The minimum absolute atomic E-state index is 0.115. The fourth-order valence-corrected chi connectivity index (χ4v) is 3.33. The first-order chi connectivity index (χ1) is 12.6. The van der Waals surface area contributed by atoms with Gasteiger partial charge in [0.05, 0.1) is 16.0 Å². The van der Waals surface area contributed by atoms with E-state index in [0.29, 0.717) is 28.4 Å². The average molecular weight is 370 g/mol. The highest BCUT2D eigenvalue weighted by molar-refractivity contribution is 6.34. The molecule has 1 saturated heterocycles.